The lowest BCUT2D eigenvalue weighted by atomic mass is 9.81. The number of esters is 1. The molecule has 1 aliphatic rings. The molecule has 0 radical (unpaired) electrons. The van der Waals surface area contributed by atoms with Crippen molar-refractivity contribution in [3.8, 4) is 6.07 Å². The molecular weight excluding hydrogens is 346 g/mol. The van der Waals surface area contributed by atoms with Crippen LogP contribution in [0, 0.1) is 11.3 Å². The van der Waals surface area contributed by atoms with Gasteiger partial charge in [0.05, 0.1) is 11.6 Å². The van der Waals surface area contributed by atoms with E-state index in [0.29, 0.717) is 23.7 Å². The number of nitrogens with zero attached hydrogens (tertiary/aromatic N) is 2. The zero-order chi connectivity index (χ0) is 19.4. The molecule has 1 heterocycles. The molecule has 0 aliphatic heterocycles. The molecule has 0 bridgehead atoms. The Morgan fingerprint density at radius 1 is 1.26 bits per heavy atom. The Morgan fingerprint density at radius 2 is 1.96 bits per heavy atom. The van der Waals surface area contributed by atoms with Crippen molar-refractivity contribution in [2.45, 2.75) is 37.6 Å². The summed E-state index contributed by atoms with van der Waals surface area (Å²) in [5.74, 6) is -1.17. The van der Waals surface area contributed by atoms with Gasteiger partial charge in [-0.2, -0.15) is 5.26 Å². The quantitative estimate of drug-likeness (QED) is 0.836. The van der Waals surface area contributed by atoms with E-state index in [1.54, 1.807) is 31.3 Å². The number of likely N-dealkylation sites (N-methyl/N-ethyl adjacent to an activating group) is 1. The van der Waals surface area contributed by atoms with Crippen LogP contribution in [0.4, 0.5) is 0 Å². The third kappa shape index (κ3) is 3.70. The van der Waals surface area contributed by atoms with Gasteiger partial charge in [-0.15, -0.1) is 0 Å². The number of hydrogen-bond donors (Lipinski definition) is 1. The zero-order valence-electron chi connectivity index (χ0n) is 15.2. The maximum absolute atomic E-state index is 12.5. The fourth-order valence-electron chi connectivity index (χ4n) is 3.57. The van der Waals surface area contributed by atoms with Crippen LogP contribution in [0.15, 0.2) is 35.1 Å². The number of benzene rings is 1. The number of nitrogens with one attached hydrogen (secondary N) is 1. The second-order valence-electron chi connectivity index (χ2n) is 6.83. The van der Waals surface area contributed by atoms with E-state index in [-0.39, 0.29) is 5.56 Å². The van der Waals surface area contributed by atoms with Crippen LogP contribution in [0.1, 0.15) is 42.5 Å². The number of fused-ring (bicyclic) bond motifs is 1. The molecule has 1 saturated carbocycles. The normalized spacial score (nSPS) is 15.7. The molecule has 1 aliphatic carbocycles. The molecule has 1 aromatic heterocycles. The van der Waals surface area contributed by atoms with E-state index < -0.39 is 29.6 Å². The number of para-hydroxylation sites is 1. The van der Waals surface area contributed by atoms with Gasteiger partial charge in [-0.3, -0.25) is 9.59 Å². The summed E-state index contributed by atoms with van der Waals surface area (Å²) < 4.78 is 5.16. The number of H-pyrrole nitrogens is 1. The number of carbonyl (C=O) groups excluding carboxylic acids is 2. The van der Waals surface area contributed by atoms with Gasteiger partial charge in [0.25, 0.3) is 5.91 Å². The molecule has 0 atom stereocenters. The summed E-state index contributed by atoms with van der Waals surface area (Å²) in [6, 6.07) is 10.3. The summed E-state index contributed by atoms with van der Waals surface area (Å²) in [5.41, 5.74) is -0.628. The molecule has 3 rings (SSSR count). The summed E-state index contributed by atoms with van der Waals surface area (Å²) in [6.45, 7) is -0.472. The Balaban J connectivity index is 1.73. The van der Waals surface area contributed by atoms with E-state index in [2.05, 4.69) is 11.1 Å². The van der Waals surface area contributed by atoms with Crippen molar-refractivity contribution < 1.29 is 14.3 Å². The number of pyridine rings is 1. The molecular formula is C20H21N3O4. The fraction of sp³-hybridized carbons (Fsp3) is 0.400. The summed E-state index contributed by atoms with van der Waals surface area (Å²) in [5, 5.41) is 10.1. The van der Waals surface area contributed by atoms with Crippen molar-refractivity contribution in [1.29, 1.82) is 5.26 Å². The Kier molecular flexibility index (Phi) is 5.26. The Labute approximate surface area is 156 Å². The lowest BCUT2D eigenvalue weighted by molar-refractivity contribution is -0.138. The number of amides is 1. The molecule has 7 heteroatoms. The minimum absolute atomic E-state index is 0.109. The first kappa shape index (κ1) is 18.6. The molecule has 1 aromatic carbocycles. The summed E-state index contributed by atoms with van der Waals surface area (Å²) >= 11 is 0. The molecule has 1 fully saturated rings. The predicted molar refractivity (Wildman–Crippen MR) is 99.1 cm³/mol. The lowest BCUT2D eigenvalue weighted by Gasteiger charge is -2.38. The highest BCUT2D eigenvalue weighted by molar-refractivity contribution is 6.03. The molecule has 1 N–H and O–H groups in total. The van der Waals surface area contributed by atoms with Gasteiger partial charge in [-0.05, 0) is 18.9 Å². The van der Waals surface area contributed by atoms with Gasteiger partial charge in [0, 0.05) is 24.0 Å². The molecule has 0 saturated heterocycles. The van der Waals surface area contributed by atoms with E-state index in [1.807, 2.05) is 0 Å². The lowest BCUT2D eigenvalue weighted by Crippen LogP contribution is -2.51. The number of hydrogen-bond acceptors (Lipinski definition) is 5. The van der Waals surface area contributed by atoms with Crippen LogP contribution in [0.3, 0.4) is 0 Å². The number of ether oxygens (including phenoxy) is 1. The van der Waals surface area contributed by atoms with Crippen LogP contribution in [0.25, 0.3) is 10.9 Å². The number of nitriles is 1. The topological polar surface area (TPSA) is 103 Å². The SMILES string of the molecule is CN(C(=O)COC(=O)c1cc(=O)[nH]c2ccccc12)C1(C#N)CCCCC1. The largest absolute Gasteiger partial charge is 0.452 e. The van der Waals surface area contributed by atoms with Gasteiger partial charge in [0.2, 0.25) is 5.56 Å². The summed E-state index contributed by atoms with van der Waals surface area (Å²) in [4.78, 5) is 40.8. The van der Waals surface area contributed by atoms with Crippen LogP contribution in [0.2, 0.25) is 0 Å². The van der Waals surface area contributed by atoms with Gasteiger partial charge in [0.15, 0.2) is 6.61 Å². The first-order chi connectivity index (χ1) is 13.0. The molecule has 0 unspecified atom stereocenters. The average Bonchev–Trinajstić information content (AvgIpc) is 2.70. The standard InChI is InChI=1S/C20H21N3O4/c1-23(20(13-21)9-5-2-6-10-20)18(25)12-27-19(26)15-11-17(24)22-16-8-4-3-7-14(15)16/h3-4,7-8,11H,2,5-6,9-10,12H2,1H3,(H,22,24). The average molecular weight is 367 g/mol. The van der Waals surface area contributed by atoms with E-state index in [4.69, 9.17) is 4.74 Å². The highest BCUT2D eigenvalue weighted by atomic mass is 16.5. The van der Waals surface area contributed by atoms with Crippen LogP contribution in [-0.4, -0.2) is 41.0 Å². The van der Waals surface area contributed by atoms with Crippen molar-refractivity contribution in [3.05, 3.63) is 46.2 Å². The van der Waals surface area contributed by atoms with E-state index in [1.165, 1.54) is 4.90 Å². The highest BCUT2D eigenvalue weighted by Gasteiger charge is 2.39. The zero-order valence-corrected chi connectivity index (χ0v) is 15.2. The van der Waals surface area contributed by atoms with Crippen LogP contribution >= 0.6 is 0 Å². The highest BCUT2D eigenvalue weighted by Crippen LogP contribution is 2.32. The van der Waals surface area contributed by atoms with Gasteiger partial charge in [-0.25, -0.2) is 4.79 Å². The van der Waals surface area contributed by atoms with Crippen molar-refractivity contribution in [3.63, 3.8) is 0 Å². The number of carbonyl (C=O) groups is 2. The van der Waals surface area contributed by atoms with Crippen molar-refractivity contribution >= 4 is 22.8 Å². The third-order valence-corrected chi connectivity index (χ3v) is 5.20. The predicted octanol–water partition coefficient (Wildman–Crippen LogP) is 2.37. The number of aromatic nitrogens is 1. The van der Waals surface area contributed by atoms with Crippen LogP contribution in [0.5, 0.6) is 0 Å². The fourth-order valence-corrected chi connectivity index (χ4v) is 3.57. The van der Waals surface area contributed by atoms with Crippen molar-refractivity contribution in [2.75, 3.05) is 13.7 Å². The second-order valence-corrected chi connectivity index (χ2v) is 6.83. The molecule has 0 spiro atoms. The van der Waals surface area contributed by atoms with Crippen LogP contribution in [-0.2, 0) is 9.53 Å². The summed E-state index contributed by atoms with van der Waals surface area (Å²) in [7, 11) is 1.58. The first-order valence-corrected chi connectivity index (χ1v) is 8.94. The van der Waals surface area contributed by atoms with Gasteiger partial charge >= 0.3 is 5.97 Å². The summed E-state index contributed by atoms with van der Waals surface area (Å²) in [6.07, 6.45) is 4.08. The van der Waals surface area contributed by atoms with E-state index in [9.17, 15) is 19.6 Å². The Hall–Kier alpha value is -3.14. The van der Waals surface area contributed by atoms with Gasteiger partial charge in [0.1, 0.15) is 5.54 Å². The van der Waals surface area contributed by atoms with E-state index >= 15 is 0 Å². The monoisotopic (exact) mass is 367 g/mol. The second kappa shape index (κ2) is 7.62. The molecule has 2 aromatic rings. The Morgan fingerprint density at radius 3 is 2.67 bits per heavy atom. The minimum Gasteiger partial charge on any atom is -0.452 e. The maximum Gasteiger partial charge on any atom is 0.339 e. The first-order valence-electron chi connectivity index (χ1n) is 8.94. The maximum atomic E-state index is 12.5. The molecule has 1 amide bonds. The molecule has 140 valence electrons. The minimum atomic E-state index is -0.835. The van der Waals surface area contributed by atoms with Crippen molar-refractivity contribution in [2.24, 2.45) is 0 Å². The van der Waals surface area contributed by atoms with E-state index in [0.717, 1.165) is 25.3 Å². The molecule has 27 heavy (non-hydrogen) atoms. The number of aromatic amines is 1. The van der Waals surface area contributed by atoms with Gasteiger partial charge < -0.3 is 14.6 Å². The molecule has 7 nitrogen and oxygen atoms in total. The van der Waals surface area contributed by atoms with Crippen LogP contribution < -0.4 is 5.56 Å². The van der Waals surface area contributed by atoms with Crippen molar-refractivity contribution in [1.82, 2.24) is 9.88 Å². The number of rotatable bonds is 4. The third-order valence-electron chi connectivity index (χ3n) is 5.20. The van der Waals surface area contributed by atoms with Gasteiger partial charge in [-0.1, -0.05) is 37.5 Å². The smallest absolute Gasteiger partial charge is 0.339 e. The Bertz CT molecular complexity index is 967.